The van der Waals surface area contributed by atoms with Gasteiger partial charge in [0, 0.05) is 11.4 Å². The molecular formula is C18H16FN3O2S. The minimum atomic E-state index is -0.297. The van der Waals surface area contributed by atoms with Crippen molar-refractivity contribution in [2.24, 2.45) is 0 Å². The Labute approximate surface area is 147 Å². The van der Waals surface area contributed by atoms with E-state index in [0.29, 0.717) is 12.4 Å². The Kier molecular flexibility index (Phi) is 4.31. The summed E-state index contributed by atoms with van der Waals surface area (Å²) in [6, 6.07) is 6.01. The molecule has 25 heavy (non-hydrogen) atoms. The second-order valence-corrected chi connectivity index (χ2v) is 6.99. The summed E-state index contributed by atoms with van der Waals surface area (Å²) in [5, 5.41) is 3.71. The molecule has 0 aliphatic heterocycles. The molecule has 1 aliphatic rings. The molecule has 0 spiro atoms. The van der Waals surface area contributed by atoms with E-state index in [1.807, 2.05) is 0 Å². The Morgan fingerprint density at radius 1 is 1.24 bits per heavy atom. The molecule has 1 aliphatic carbocycles. The highest BCUT2D eigenvalue weighted by atomic mass is 32.1. The fourth-order valence-corrected chi connectivity index (χ4v) is 4.22. The average Bonchev–Trinajstić information content (AvgIpc) is 3.20. The Hall–Kier alpha value is -2.54. The summed E-state index contributed by atoms with van der Waals surface area (Å²) in [6.07, 6.45) is 4.70. The lowest BCUT2D eigenvalue weighted by Crippen LogP contribution is -2.28. The highest BCUT2D eigenvalue weighted by Crippen LogP contribution is 2.39. The fraction of sp³-hybridized carbons (Fsp3) is 0.278. The van der Waals surface area contributed by atoms with Gasteiger partial charge >= 0.3 is 0 Å². The molecule has 0 atom stereocenters. The number of hydrogen-bond acceptors (Lipinski definition) is 5. The SMILES string of the molecule is O=C(COc1ncnc2sc3c(c12)CCC3)NCc1ccc(F)cc1. The van der Waals surface area contributed by atoms with Gasteiger partial charge in [-0.2, -0.15) is 0 Å². The second kappa shape index (κ2) is 6.76. The molecule has 0 bridgehead atoms. The van der Waals surface area contributed by atoms with Gasteiger partial charge in [-0.05, 0) is 42.5 Å². The summed E-state index contributed by atoms with van der Waals surface area (Å²) in [4.78, 5) is 22.8. The van der Waals surface area contributed by atoms with E-state index in [9.17, 15) is 9.18 Å². The Morgan fingerprint density at radius 2 is 2.08 bits per heavy atom. The van der Waals surface area contributed by atoms with Crippen LogP contribution >= 0.6 is 11.3 Å². The van der Waals surface area contributed by atoms with Gasteiger partial charge in [0.25, 0.3) is 5.91 Å². The van der Waals surface area contributed by atoms with Crippen molar-refractivity contribution >= 4 is 27.5 Å². The number of fused-ring (bicyclic) bond motifs is 3. The summed E-state index contributed by atoms with van der Waals surface area (Å²) in [5.41, 5.74) is 2.09. The van der Waals surface area contributed by atoms with Gasteiger partial charge in [-0.15, -0.1) is 11.3 Å². The molecule has 7 heteroatoms. The van der Waals surface area contributed by atoms with E-state index in [1.165, 1.54) is 28.9 Å². The zero-order valence-electron chi connectivity index (χ0n) is 13.4. The number of hydrogen-bond donors (Lipinski definition) is 1. The van der Waals surface area contributed by atoms with Crippen molar-refractivity contribution in [3.8, 4) is 5.88 Å². The van der Waals surface area contributed by atoms with Crippen LogP contribution in [-0.2, 0) is 24.2 Å². The van der Waals surface area contributed by atoms with Crippen LogP contribution in [0.5, 0.6) is 5.88 Å². The lowest BCUT2D eigenvalue weighted by molar-refractivity contribution is -0.123. The number of thiophene rings is 1. The van der Waals surface area contributed by atoms with Crippen molar-refractivity contribution in [2.45, 2.75) is 25.8 Å². The molecule has 0 unspecified atom stereocenters. The molecule has 4 rings (SSSR count). The Morgan fingerprint density at radius 3 is 2.92 bits per heavy atom. The summed E-state index contributed by atoms with van der Waals surface area (Å²) < 4.78 is 18.5. The van der Waals surface area contributed by atoms with Gasteiger partial charge in [0.1, 0.15) is 17.0 Å². The Bertz CT molecular complexity index is 924. The predicted octanol–water partition coefficient (Wildman–Crippen LogP) is 3.01. The molecule has 128 valence electrons. The predicted molar refractivity (Wildman–Crippen MR) is 93.2 cm³/mol. The first-order chi connectivity index (χ1) is 12.2. The molecular weight excluding hydrogens is 341 g/mol. The number of rotatable bonds is 5. The van der Waals surface area contributed by atoms with Crippen LogP contribution in [0.25, 0.3) is 10.2 Å². The third-order valence-corrected chi connectivity index (χ3v) is 5.41. The van der Waals surface area contributed by atoms with E-state index < -0.39 is 0 Å². The molecule has 1 aromatic carbocycles. The largest absolute Gasteiger partial charge is 0.467 e. The van der Waals surface area contributed by atoms with Crippen LogP contribution < -0.4 is 10.1 Å². The molecule has 0 radical (unpaired) electrons. The normalized spacial score (nSPS) is 13.0. The van der Waals surface area contributed by atoms with E-state index in [0.717, 1.165) is 35.0 Å². The molecule has 1 amide bonds. The zero-order chi connectivity index (χ0) is 17.2. The van der Waals surface area contributed by atoms with E-state index in [-0.39, 0.29) is 18.3 Å². The number of amides is 1. The summed E-state index contributed by atoms with van der Waals surface area (Å²) >= 11 is 1.68. The quantitative estimate of drug-likeness (QED) is 0.762. The number of nitrogens with zero attached hydrogens (tertiary/aromatic N) is 2. The van der Waals surface area contributed by atoms with Crippen LogP contribution in [-0.4, -0.2) is 22.5 Å². The third-order valence-electron chi connectivity index (χ3n) is 4.21. The van der Waals surface area contributed by atoms with Gasteiger partial charge in [0.15, 0.2) is 6.61 Å². The monoisotopic (exact) mass is 357 g/mol. The minimum absolute atomic E-state index is 0.113. The van der Waals surface area contributed by atoms with Crippen molar-refractivity contribution in [2.75, 3.05) is 6.61 Å². The summed E-state index contributed by atoms with van der Waals surface area (Å²) in [5.74, 6) is -0.0706. The van der Waals surface area contributed by atoms with Gasteiger partial charge in [0.2, 0.25) is 5.88 Å². The second-order valence-electron chi connectivity index (χ2n) is 5.91. The first kappa shape index (κ1) is 16.0. The van der Waals surface area contributed by atoms with Crippen molar-refractivity contribution in [1.29, 1.82) is 0 Å². The van der Waals surface area contributed by atoms with Crippen LogP contribution in [0.3, 0.4) is 0 Å². The highest BCUT2D eigenvalue weighted by molar-refractivity contribution is 7.18. The van der Waals surface area contributed by atoms with Gasteiger partial charge in [-0.3, -0.25) is 4.79 Å². The summed E-state index contributed by atoms with van der Waals surface area (Å²) in [7, 11) is 0. The molecule has 0 saturated heterocycles. The maximum Gasteiger partial charge on any atom is 0.258 e. The third kappa shape index (κ3) is 3.32. The summed E-state index contributed by atoms with van der Waals surface area (Å²) in [6.45, 7) is 0.216. The van der Waals surface area contributed by atoms with Crippen molar-refractivity contribution in [3.05, 3.63) is 52.4 Å². The number of aromatic nitrogens is 2. The lowest BCUT2D eigenvalue weighted by atomic mass is 10.2. The lowest BCUT2D eigenvalue weighted by Gasteiger charge is -2.08. The van der Waals surface area contributed by atoms with Gasteiger partial charge < -0.3 is 10.1 Å². The van der Waals surface area contributed by atoms with E-state index in [2.05, 4.69) is 15.3 Å². The van der Waals surface area contributed by atoms with Crippen LogP contribution in [0.4, 0.5) is 4.39 Å². The zero-order valence-corrected chi connectivity index (χ0v) is 14.2. The van der Waals surface area contributed by atoms with Gasteiger partial charge in [-0.25, -0.2) is 14.4 Å². The van der Waals surface area contributed by atoms with E-state index in [1.54, 1.807) is 23.5 Å². The first-order valence-electron chi connectivity index (χ1n) is 8.10. The average molecular weight is 357 g/mol. The molecule has 0 fully saturated rings. The molecule has 2 heterocycles. The molecule has 0 saturated carbocycles. The molecule has 3 aromatic rings. The number of ether oxygens (including phenoxy) is 1. The smallest absolute Gasteiger partial charge is 0.258 e. The van der Waals surface area contributed by atoms with Crippen LogP contribution in [0.15, 0.2) is 30.6 Å². The van der Waals surface area contributed by atoms with Crippen molar-refractivity contribution < 1.29 is 13.9 Å². The fourth-order valence-electron chi connectivity index (χ4n) is 3.00. The molecule has 1 N–H and O–H groups in total. The van der Waals surface area contributed by atoms with Gasteiger partial charge in [0.05, 0.1) is 5.39 Å². The number of halogens is 1. The maximum absolute atomic E-state index is 12.9. The number of benzene rings is 1. The standard InChI is InChI=1S/C18H16FN3O2S/c19-12-6-4-11(5-7-12)8-20-15(23)9-24-17-16-13-2-1-3-14(13)25-18(16)22-10-21-17/h4-7,10H,1-3,8-9H2,(H,20,23). The molecule has 2 aromatic heterocycles. The highest BCUT2D eigenvalue weighted by Gasteiger charge is 2.22. The number of carbonyl (C=O) groups excluding carboxylic acids is 1. The first-order valence-corrected chi connectivity index (χ1v) is 8.91. The van der Waals surface area contributed by atoms with Crippen molar-refractivity contribution in [3.63, 3.8) is 0 Å². The van der Waals surface area contributed by atoms with E-state index >= 15 is 0 Å². The number of aryl methyl sites for hydroxylation is 2. The van der Waals surface area contributed by atoms with E-state index in [4.69, 9.17) is 4.74 Å². The number of nitrogens with one attached hydrogen (secondary N) is 1. The van der Waals surface area contributed by atoms with Crippen LogP contribution in [0.2, 0.25) is 0 Å². The Balaban J connectivity index is 1.40. The molecule has 5 nitrogen and oxygen atoms in total. The van der Waals surface area contributed by atoms with Crippen molar-refractivity contribution in [1.82, 2.24) is 15.3 Å². The van der Waals surface area contributed by atoms with Crippen LogP contribution in [0.1, 0.15) is 22.4 Å². The maximum atomic E-state index is 12.9. The minimum Gasteiger partial charge on any atom is -0.467 e. The topological polar surface area (TPSA) is 64.1 Å². The van der Waals surface area contributed by atoms with Crippen LogP contribution in [0, 0.1) is 5.82 Å². The van der Waals surface area contributed by atoms with Gasteiger partial charge in [-0.1, -0.05) is 12.1 Å². The number of carbonyl (C=O) groups is 1.